The molecule has 0 saturated carbocycles. The molecular weight excluding hydrogens is 582 g/mol. The number of ether oxygens (including phenoxy) is 1. The zero-order valence-corrected chi connectivity index (χ0v) is 26.2. The van der Waals surface area contributed by atoms with Gasteiger partial charge in [0, 0.05) is 30.9 Å². The third kappa shape index (κ3) is 5.59. The number of piperazine rings is 1. The Labute approximate surface area is 274 Å². The van der Waals surface area contributed by atoms with E-state index in [1.165, 1.54) is 32.7 Å². The van der Waals surface area contributed by atoms with Gasteiger partial charge in [-0.25, -0.2) is 4.79 Å². The topological polar surface area (TPSA) is 70.7 Å². The minimum atomic E-state index is -0.560. The van der Waals surface area contributed by atoms with E-state index in [9.17, 15) is 9.59 Å². The molecule has 0 aromatic heterocycles. The van der Waals surface area contributed by atoms with Gasteiger partial charge in [-0.15, -0.1) is 0 Å². The fraction of sp³-hybridized carbons (Fsp3) is 0.220. The molecule has 0 spiro atoms. The molecule has 1 saturated heterocycles. The van der Waals surface area contributed by atoms with Gasteiger partial charge in [0.1, 0.15) is 12.6 Å². The van der Waals surface area contributed by atoms with E-state index >= 15 is 0 Å². The number of carbonyl (C=O) groups is 2. The van der Waals surface area contributed by atoms with Crippen LogP contribution in [0.25, 0.3) is 32.3 Å². The van der Waals surface area contributed by atoms with Crippen molar-refractivity contribution < 1.29 is 14.3 Å². The Morgan fingerprint density at radius 3 is 2.30 bits per heavy atom. The Morgan fingerprint density at radius 1 is 0.745 bits per heavy atom. The molecule has 2 aliphatic rings. The minimum Gasteiger partial charge on any atom is -0.445 e. The average Bonchev–Trinajstić information content (AvgIpc) is 3.14. The van der Waals surface area contributed by atoms with E-state index in [0.29, 0.717) is 13.1 Å². The van der Waals surface area contributed by atoms with Crippen molar-refractivity contribution in [3.8, 4) is 0 Å². The lowest BCUT2D eigenvalue weighted by Gasteiger charge is -2.33. The Morgan fingerprint density at radius 2 is 1.45 bits per heavy atom. The Balaban J connectivity index is 1.10. The third-order valence-electron chi connectivity index (χ3n) is 9.91. The first kappa shape index (κ1) is 29.2. The van der Waals surface area contributed by atoms with Gasteiger partial charge in [0.05, 0.1) is 5.69 Å². The smallest absolute Gasteiger partial charge is 0.410 e. The van der Waals surface area contributed by atoms with Crippen molar-refractivity contribution in [3.05, 3.63) is 138 Å². The number of amides is 2. The molecule has 1 aliphatic heterocycles. The predicted octanol–water partition coefficient (Wildman–Crippen LogP) is 8.16. The second kappa shape index (κ2) is 12.5. The Kier molecular flexibility index (Phi) is 7.79. The SMILES string of the molecule is O=C(Nc1c([C@@H]2CCCc3c2ccc2c3ccc3ccccc32)ccc2ccccc12)[C@@H]1CN(C(=O)OCc2ccccc2)CCN1. The maximum atomic E-state index is 14.0. The van der Waals surface area contributed by atoms with E-state index in [-0.39, 0.29) is 25.0 Å². The van der Waals surface area contributed by atoms with E-state index < -0.39 is 12.1 Å². The van der Waals surface area contributed by atoms with Crippen LogP contribution in [0.2, 0.25) is 0 Å². The fourth-order valence-corrected chi connectivity index (χ4v) is 7.57. The first-order valence-electron chi connectivity index (χ1n) is 16.6. The van der Waals surface area contributed by atoms with Crippen molar-refractivity contribution in [1.29, 1.82) is 0 Å². The molecule has 1 fully saturated rings. The molecule has 0 radical (unpaired) electrons. The Hall–Kier alpha value is -5.20. The number of fused-ring (bicyclic) bond motifs is 6. The molecule has 6 nitrogen and oxygen atoms in total. The summed E-state index contributed by atoms with van der Waals surface area (Å²) in [6.45, 7) is 1.44. The van der Waals surface area contributed by atoms with Gasteiger partial charge in [-0.05, 0) is 68.4 Å². The van der Waals surface area contributed by atoms with Crippen molar-refractivity contribution in [2.75, 3.05) is 25.0 Å². The highest BCUT2D eigenvalue weighted by molar-refractivity contribution is 6.09. The molecule has 0 bridgehead atoms. The van der Waals surface area contributed by atoms with Gasteiger partial charge < -0.3 is 20.3 Å². The molecule has 0 unspecified atom stereocenters. The van der Waals surface area contributed by atoms with Crippen molar-refractivity contribution in [2.45, 2.75) is 37.8 Å². The summed E-state index contributed by atoms with van der Waals surface area (Å²) in [6.07, 6.45) is 2.72. The zero-order chi connectivity index (χ0) is 31.7. The number of hydrogen-bond acceptors (Lipinski definition) is 4. The van der Waals surface area contributed by atoms with Crippen LogP contribution in [-0.2, 0) is 22.6 Å². The van der Waals surface area contributed by atoms with E-state index in [1.54, 1.807) is 4.90 Å². The summed E-state index contributed by atoms with van der Waals surface area (Å²) in [5.41, 5.74) is 5.67. The summed E-state index contributed by atoms with van der Waals surface area (Å²) in [5, 5.41) is 13.9. The van der Waals surface area contributed by atoms with Gasteiger partial charge in [0.2, 0.25) is 5.91 Å². The summed E-state index contributed by atoms with van der Waals surface area (Å²) in [5.74, 6) is 0.00230. The minimum absolute atomic E-state index is 0.149. The van der Waals surface area contributed by atoms with Gasteiger partial charge in [-0.1, -0.05) is 115 Å². The number of benzene rings is 6. The second-order valence-corrected chi connectivity index (χ2v) is 12.7. The van der Waals surface area contributed by atoms with Crippen molar-refractivity contribution in [2.24, 2.45) is 0 Å². The van der Waals surface area contributed by atoms with Crippen LogP contribution in [0.3, 0.4) is 0 Å². The summed E-state index contributed by atoms with van der Waals surface area (Å²) in [7, 11) is 0. The van der Waals surface area contributed by atoms with E-state index in [1.807, 2.05) is 42.5 Å². The summed E-state index contributed by atoms with van der Waals surface area (Å²) < 4.78 is 5.58. The normalized spacial score (nSPS) is 17.8. The van der Waals surface area contributed by atoms with Gasteiger partial charge in [-0.3, -0.25) is 4.79 Å². The predicted molar refractivity (Wildman–Crippen MR) is 189 cm³/mol. The molecular formula is C41H37N3O3. The monoisotopic (exact) mass is 619 g/mol. The zero-order valence-electron chi connectivity index (χ0n) is 26.2. The molecule has 6 aromatic rings. The van der Waals surface area contributed by atoms with Crippen molar-refractivity contribution >= 4 is 50.0 Å². The van der Waals surface area contributed by atoms with Crippen LogP contribution < -0.4 is 10.6 Å². The molecule has 2 N–H and O–H groups in total. The van der Waals surface area contributed by atoms with Crippen LogP contribution in [0, 0.1) is 0 Å². The van der Waals surface area contributed by atoms with Gasteiger partial charge in [-0.2, -0.15) is 0 Å². The highest BCUT2D eigenvalue weighted by Gasteiger charge is 2.31. The van der Waals surface area contributed by atoms with Crippen molar-refractivity contribution in [1.82, 2.24) is 10.2 Å². The maximum Gasteiger partial charge on any atom is 0.410 e. The lowest BCUT2D eigenvalue weighted by Crippen LogP contribution is -2.57. The Bertz CT molecular complexity index is 2130. The van der Waals surface area contributed by atoms with Crippen LogP contribution in [0.15, 0.2) is 115 Å². The van der Waals surface area contributed by atoms with Gasteiger partial charge in [0.15, 0.2) is 0 Å². The summed E-state index contributed by atoms with van der Waals surface area (Å²) >= 11 is 0. The first-order valence-corrected chi connectivity index (χ1v) is 16.6. The molecule has 234 valence electrons. The number of hydrogen-bond donors (Lipinski definition) is 2. The van der Waals surface area contributed by atoms with Gasteiger partial charge >= 0.3 is 6.09 Å². The highest BCUT2D eigenvalue weighted by atomic mass is 16.6. The standard InChI is InChI=1S/C41H37N3O3/c45-40(38-25-44(24-23-42-38)41(46)47-26-27-9-2-1-3-10-27)43-39-31-14-7-5-12-29(31)18-20-37(39)33-16-8-15-32-35-19-17-28-11-4-6-13-30(28)34(35)21-22-36(32)33/h1-7,9-14,17-22,33,38,42H,8,15-16,23-26H2,(H,43,45)/t33-,38+/m1/s1. The molecule has 2 amide bonds. The van der Waals surface area contributed by atoms with Crippen LogP contribution in [-0.4, -0.2) is 42.6 Å². The first-order chi connectivity index (χ1) is 23.1. The highest BCUT2D eigenvalue weighted by Crippen LogP contribution is 2.45. The van der Waals surface area contributed by atoms with Crippen molar-refractivity contribution in [3.63, 3.8) is 0 Å². The van der Waals surface area contributed by atoms with Crippen LogP contribution in [0.4, 0.5) is 10.5 Å². The molecule has 2 atom stereocenters. The lowest BCUT2D eigenvalue weighted by molar-refractivity contribution is -0.119. The van der Waals surface area contributed by atoms with Crippen LogP contribution >= 0.6 is 0 Å². The summed E-state index contributed by atoms with van der Waals surface area (Å²) in [6, 6.07) is 39.4. The second-order valence-electron chi connectivity index (χ2n) is 12.7. The number of aryl methyl sites for hydroxylation is 1. The fourth-order valence-electron chi connectivity index (χ4n) is 7.57. The average molecular weight is 620 g/mol. The number of nitrogens with zero attached hydrogens (tertiary/aromatic N) is 1. The molecule has 47 heavy (non-hydrogen) atoms. The van der Waals surface area contributed by atoms with E-state index in [0.717, 1.165) is 46.8 Å². The lowest BCUT2D eigenvalue weighted by atomic mass is 9.76. The molecule has 6 heteroatoms. The maximum absolute atomic E-state index is 14.0. The molecule has 6 aromatic carbocycles. The molecule has 1 heterocycles. The summed E-state index contributed by atoms with van der Waals surface area (Å²) in [4.78, 5) is 28.6. The quantitative estimate of drug-likeness (QED) is 0.191. The number of carbonyl (C=O) groups excluding carboxylic acids is 2. The van der Waals surface area contributed by atoms with E-state index in [4.69, 9.17) is 4.74 Å². The largest absolute Gasteiger partial charge is 0.445 e. The number of anilines is 1. The number of nitrogens with one attached hydrogen (secondary N) is 2. The number of rotatable bonds is 5. The molecule has 8 rings (SSSR count). The van der Waals surface area contributed by atoms with E-state index in [2.05, 4.69) is 83.4 Å². The van der Waals surface area contributed by atoms with Crippen LogP contribution in [0.5, 0.6) is 0 Å². The van der Waals surface area contributed by atoms with Crippen LogP contribution in [0.1, 0.15) is 41.0 Å². The molecule has 1 aliphatic carbocycles. The third-order valence-corrected chi connectivity index (χ3v) is 9.91. The van der Waals surface area contributed by atoms with Gasteiger partial charge in [0.25, 0.3) is 0 Å².